The van der Waals surface area contributed by atoms with Gasteiger partial charge in [-0.1, -0.05) is 36.4 Å². The van der Waals surface area contributed by atoms with Crippen LogP contribution in [0.15, 0.2) is 48.5 Å². The third kappa shape index (κ3) is 3.60. The molecule has 2 aromatic rings. The van der Waals surface area contributed by atoms with Gasteiger partial charge in [-0.15, -0.1) is 18.5 Å². The zero-order chi connectivity index (χ0) is 16.1. The molecule has 0 saturated heterocycles. The van der Waals surface area contributed by atoms with Gasteiger partial charge in [0, 0.05) is 28.5 Å². The summed E-state index contributed by atoms with van der Waals surface area (Å²) in [5.74, 6) is 1.71. The largest absolute Gasteiger partial charge is 0.496 e. The Bertz CT molecular complexity index is 568. The highest BCUT2D eigenvalue weighted by Crippen LogP contribution is 2.42. The first-order chi connectivity index (χ1) is 10.6. The number of hydrogen-bond donors (Lipinski definition) is 1. The summed E-state index contributed by atoms with van der Waals surface area (Å²) in [4.78, 5) is 0. The number of benzene rings is 2. The zero-order valence-electron chi connectivity index (χ0n) is 12.9. The van der Waals surface area contributed by atoms with Crippen LogP contribution in [0, 0.1) is 0 Å². The van der Waals surface area contributed by atoms with Gasteiger partial charge < -0.3 is 15.2 Å². The Morgan fingerprint density at radius 1 is 0.773 bits per heavy atom. The Morgan fingerprint density at radius 3 is 1.50 bits per heavy atom. The molecule has 0 heterocycles. The van der Waals surface area contributed by atoms with Crippen molar-refractivity contribution in [2.45, 2.75) is 17.4 Å². The number of nitrogens with two attached hydrogens (primary N) is 1. The summed E-state index contributed by atoms with van der Waals surface area (Å²) < 4.78 is 10.9. The topological polar surface area (TPSA) is 44.5 Å². The van der Waals surface area contributed by atoms with E-state index < -0.39 is 0 Å². The van der Waals surface area contributed by atoms with Crippen LogP contribution in [-0.2, 0) is 0 Å². The van der Waals surface area contributed by atoms with Gasteiger partial charge in [-0.25, -0.2) is 0 Å². The van der Waals surface area contributed by atoms with Crippen LogP contribution in [0.2, 0.25) is 0 Å². The van der Waals surface area contributed by atoms with Gasteiger partial charge in [0.05, 0.1) is 14.2 Å². The van der Waals surface area contributed by atoms with Crippen LogP contribution in [0.1, 0.15) is 22.4 Å². The normalized spacial score (nSPS) is 15.0. The van der Waals surface area contributed by atoms with Crippen molar-refractivity contribution >= 4 is 18.5 Å². The first-order valence-electron chi connectivity index (χ1n) is 7.12. The van der Waals surface area contributed by atoms with Crippen LogP contribution in [0.25, 0.3) is 0 Å². The number of methoxy groups -OCH3 is 2. The summed E-state index contributed by atoms with van der Waals surface area (Å²) in [5.41, 5.74) is 8.84. The highest BCUT2D eigenvalue weighted by molar-refractivity contribution is 7.18. The van der Waals surface area contributed by atoms with E-state index in [0.29, 0.717) is 0 Å². The quantitative estimate of drug-likeness (QED) is 0.821. The van der Waals surface area contributed by atoms with E-state index in [2.05, 4.69) is 30.6 Å². The number of para-hydroxylation sites is 2. The van der Waals surface area contributed by atoms with Crippen molar-refractivity contribution in [2.75, 3.05) is 14.2 Å². The van der Waals surface area contributed by atoms with Crippen molar-refractivity contribution in [1.82, 2.24) is 0 Å². The molecule has 2 aromatic carbocycles. The van der Waals surface area contributed by atoms with Crippen molar-refractivity contribution < 1.29 is 9.47 Å². The van der Waals surface area contributed by atoms with Crippen molar-refractivity contribution in [3.8, 4) is 11.5 Å². The molecule has 0 bridgehead atoms. The minimum Gasteiger partial charge on any atom is -0.496 e. The molecule has 4 atom stereocenters. The second-order valence-corrected chi connectivity index (χ2v) is 6.55. The van der Waals surface area contributed by atoms with Crippen molar-refractivity contribution in [2.24, 2.45) is 5.73 Å². The smallest absolute Gasteiger partial charge is 0.122 e. The molecule has 5 heteroatoms. The summed E-state index contributed by atoms with van der Waals surface area (Å²) in [6.45, 7) is 0. The van der Waals surface area contributed by atoms with Crippen LogP contribution >= 0.6 is 18.5 Å². The van der Waals surface area contributed by atoms with Crippen LogP contribution in [0.3, 0.4) is 0 Å². The van der Waals surface area contributed by atoms with E-state index in [1.165, 1.54) is 0 Å². The van der Waals surface area contributed by atoms with Crippen molar-refractivity contribution in [3.63, 3.8) is 0 Å². The molecular formula is C17H23NO2P2. The van der Waals surface area contributed by atoms with Crippen LogP contribution in [0.4, 0.5) is 0 Å². The summed E-state index contributed by atoms with van der Waals surface area (Å²) >= 11 is 0. The van der Waals surface area contributed by atoms with E-state index in [4.69, 9.17) is 15.2 Å². The summed E-state index contributed by atoms with van der Waals surface area (Å²) in [5, 5.41) is 0. The molecule has 2 N–H and O–H groups in total. The average Bonchev–Trinajstić information content (AvgIpc) is 2.59. The van der Waals surface area contributed by atoms with E-state index in [1.807, 2.05) is 36.4 Å². The molecule has 0 spiro atoms. The molecular weight excluding hydrogens is 312 g/mol. The van der Waals surface area contributed by atoms with Crippen LogP contribution < -0.4 is 15.2 Å². The van der Waals surface area contributed by atoms with Crippen molar-refractivity contribution in [3.05, 3.63) is 59.7 Å². The Kier molecular flexibility index (Phi) is 6.20. The van der Waals surface area contributed by atoms with Gasteiger partial charge in [-0.3, -0.25) is 0 Å². The monoisotopic (exact) mass is 335 g/mol. The van der Waals surface area contributed by atoms with Gasteiger partial charge in [0.2, 0.25) is 0 Å². The van der Waals surface area contributed by atoms with Crippen LogP contribution in [-0.4, -0.2) is 20.3 Å². The average molecular weight is 335 g/mol. The third-order valence-corrected chi connectivity index (χ3v) is 5.43. The lowest BCUT2D eigenvalue weighted by Crippen LogP contribution is -2.30. The molecule has 118 valence electrons. The molecule has 0 fully saturated rings. The molecule has 0 aliphatic rings. The fourth-order valence-electron chi connectivity index (χ4n) is 2.52. The number of rotatable bonds is 6. The highest BCUT2D eigenvalue weighted by Gasteiger charge is 2.26. The predicted octanol–water partition coefficient (Wildman–Crippen LogP) is 3.56. The molecule has 0 aliphatic carbocycles. The van der Waals surface area contributed by atoms with E-state index in [1.54, 1.807) is 14.2 Å². The maximum atomic E-state index is 6.52. The van der Waals surface area contributed by atoms with Gasteiger partial charge in [-0.2, -0.15) is 0 Å². The molecule has 22 heavy (non-hydrogen) atoms. The summed E-state index contributed by atoms with van der Waals surface area (Å²) in [6, 6.07) is 15.8. The van der Waals surface area contributed by atoms with E-state index in [0.717, 1.165) is 22.6 Å². The molecule has 0 saturated carbocycles. The molecule has 0 aromatic heterocycles. The molecule has 4 unspecified atom stereocenters. The van der Waals surface area contributed by atoms with Gasteiger partial charge in [0.15, 0.2) is 0 Å². The fourth-order valence-corrected chi connectivity index (χ4v) is 3.81. The minimum absolute atomic E-state index is 0.0727. The second kappa shape index (κ2) is 7.92. The SMILES string of the molecule is COc1ccccc1C(P)C(N)C(P)c1ccccc1OC. The molecule has 0 amide bonds. The highest BCUT2D eigenvalue weighted by atomic mass is 31.0. The lowest BCUT2D eigenvalue weighted by atomic mass is 9.97. The number of ether oxygens (including phenoxy) is 2. The minimum atomic E-state index is -0.109. The van der Waals surface area contributed by atoms with E-state index in [-0.39, 0.29) is 17.4 Å². The second-order valence-electron chi connectivity index (χ2n) is 5.11. The third-order valence-electron chi connectivity index (χ3n) is 3.83. The molecule has 0 radical (unpaired) electrons. The maximum absolute atomic E-state index is 6.52. The van der Waals surface area contributed by atoms with Gasteiger partial charge in [0.25, 0.3) is 0 Å². The standard InChI is InChI=1S/C17H23NO2P2/c1-19-13-9-5-3-7-11(13)16(21)15(18)17(22)12-8-4-6-10-14(12)20-2/h3-10,15-17H,18,21-22H2,1-2H3. The van der Waals surface area contributed by atoms with Gasteiger partial charge >= 0.3 is 0 Å². The predicted molar refractivity (Wildman–Crippen MR) is 98.9 cm³/mol. The fraction of sp³-hybridized carbons (Fsp3) is 0.294. The summed E-state index contributed by atoms with van der Waals surface area (Å²) in [6.07, 6.45) is 0. The lowest BCUT2D eigenvalue weighted by molar-refractivity contribution is 0.403. The Balaban J connectivity index is 2.28. The Labute approximate surface area is 137 Å². The molecule has 2 rings (SSSR count). The Morgan fingerprint density at radius 2 is 1.14 bits per heavy atom. The first kappa shape index (κ1) is 17.2. The molecule has 0 aliphatic heterocycles. The summed E-state index contributed by atoms with van der Waals surface area (Å²) in [7, 11) is 9.05. The van der Waals surface area contributed by atoms with Gasteiger partial charge in [0.1, 0.15) is 11.5 Å². The van der Waals surface area contributed by atoms with E-state index in [9.17, 15) is 0 Å². The van der Waals surface area contributed by atoms with Crippen LogP contribution in [0.5, 0.6) is 11.5 Å². The first-order valence-corrected chi connectivity index (χ1v) is 8.46. The molecule has 3 nitrogen and oxygen atoms in total. The Hall–Kier alpha value is -1.14. The maximum Gasteiger partial charge on any atom is 0.122 e. The lowest BCUT2D eigenvalue weighted by Gasteiger charge is -2.28. The zero-order valence-corrected chi connectivity index (χ0v) is 15.2. The van der Waals surface area contributed by atoms with E-state index >= 15 is 0 Å². The van der Waals surface area contributed by atoms with Crippen molar-refractivity contribution in [1.29, 1.82) is 0 Å². The van der Waals surface area contributed by atoms with Gasteiger partial charge in [-0.05, 0) is 12.1 Å². The number of hydrogen-bond acceptors (Lipinski definition) is 3.